The van der Waals surface area contributed by atoms with Gasteiger partial charge in [0.15, 0.2) is 0 Å². The van der Waals surface area contributed by atoms with Crippen LogP contribution in [0.4, 0.5) is 4.39 Å². The lowest BCUT2D eigenvalue weighted by Crippen LogP contribution is -2.38. The number of benzene rings is 2. The average Bonchev–Trinajstić information content (AvgIpc) is 3.18. The van der Waals surface area contributed by atoms with Crippen LogP contribution >= 0.6 is 0 Å². The number of piperidine rings is 1. The minimum absolute atomic E-state index is 0.0799. The van der Waals surface area contributed by atoms with Gasteiger partial charge in [0.05, 0.1) is 11.7 Å². The molecule has 0 saturated carbocycles. The SMILES string of the molecule is O=C(c1cc(-c2ccccc2O)n[nH]1)N1CCCC[C@H]1c1ccc(F)cc1. The predicted molar refractivity (Wildman–Crippen MR) is 99.7 cm³/mol. The van der Waals surface area contributed by atoms with Crippen molar-refractivity contribution in [2.75, 3.05) is 6.54 Å². The molecule has 0 spiro atoms. The van der Waals surface area contributed by atoms with Crippen LogP contribution in [0.3, 0.4) is 0 Å². The largest absolute Gasteiger partial charge is 0.507 e. The highest BCUT2D eigenvalue weighted by Gasteiger charge is 2.29. The number of H-pyrrole nitrogens is 1. The number of aromatic amines is 1. The molecular weight excluding hydrogens is 345 g/mol. The van der Waals surface area contributed by atoms with E-state index in [0.717, 1.165) is 24.8 Å². The van der Waals surface area contributed by atoms with Crippen LogP contribution in [0, 0.1) is 5.82 Å². The number of likely N-dealkylation sites (tertiary alicyclic amines) is 1. The van der Waals surface area contributed by atoms with Crippen LogP contribution in [-0.4, -0.2) is 32.7 Å². The minimum Gasteiger partial charge on any atom is -0.507 e. The molecule has 1 atom stereocenters. The zero-order valence-electron chi connectivity index (χ0n) is 14.7. The number of carbonyl (C=O) groups excluding carboxylic acids is 1. The van der Waals surface area contributed by atoms with Crippen LogP contribution in [0.2, 0.25) is 0 Å². The molecule has 0 unspecified atom stereocenters. The molecule has 1 aliphatic heterocycles. The van der Waals surface area contributed by atoms with Crippen molar-refractivity contribution in [2.24, 2.45) is 0 Å². The van der Waals surface area contributed by atoms with Gasteiger partial charge in [0.25, 0.3) is 5.91 Å². The number of rotatable bonds is 3. The molecule has 0 aliphatic carbocycles. The Hall–Kier alpha value is -3.15. The molecule has 1 fully saturated rings. The third-order valence-corrected chi connectivity index (χ3v) is 5.01. The van der Waals surface area contributed by atoms with Gasteiger partial charge >= 0.3 is 0 Å². The number of amides is 1. The molecular formula is C21H20FN3O2. The molecule has 138 valence electrons. The van der Waals surface area contributed by atoms with Crippen LogP contribution in [0.5, 0.6) is 5.75 Å². The molecule has 1 aliphatic rings. The van der Waals surface area contributed by atoms with E-state index in [1.807, 2.05) is 4.90 Å². The van der Waals surface area contributed by atoms with E-state index in [1.54, 1.807) is 42.5 Å². The van der Waals surface area contributed by atoms with E-state index in [2.05, 4.69) is 10.2 Å². The summed E-state index contributed by atoms with van der Waals surface area (Å²) in [6.07, 6.45) is 2.81. The summed E-state index contributed by atoms with van der Waals surface area (Å²) in [4.78, 5) is 14.9. The van der Waals surface area contributed by atoms with Gasteiger partial charge in [0, 0.05) is 12.1 Å². The second-order valence-corrected chi connectivity index (χ2v) is 6.75. The summed E-state index contributed by atoms with van der Waals surface area (Å²) in [6.45, 7) is 0.645. The topological polar surface area (TPSA) is 69.2 Å². The van der Waals surface area contributed by atoms with Crippen molar-refractivity contribution in [3.63, 3.8) is 0 Å². The molecule has 1 amide bonds. The van der Waals surface area contributed by atoms with E-state index >= 15 is 0 Å². The summed E-state index contributed by atoms with van der Waals surface area (Å²) in [5.41, 5.74) is 2.40. The maximum Gasteiger partial charge on any atom is 0.272 e. The summed E-state index contributed by atoms with van der Waals surface area (Å²) in [5, 5.41) is 17.0. The predicted octanol–water partition coefficient (Wildman–Crippen LogP) is 4.29. The van der Waals surface area contributed by atoms with E-state index < -0.39 is 0 Å². The van der Waals surface area contributed by atoms with Gasteiger partial charge in [-0.25, -0.2) is 4.39 Å². The Morgan fingerprint density at radius 2 is 1.93 bits per heavy atom. The summed E-state index contributed by atoms with van der Waals surface area (Å²) in [5.74, 6) is -0.309. The zero-order valence-corrected chi connectivity index (χ0v) is 14.7. The quantitative estimate of drug-likeness (QED) is 0.727. The van der Waals surface area contributed by atoms with Crippen LogP contribution in [0.15, 0.2) is 54.6 Å². The molecule has 2 N–H and O–H groups in total. The number of halogens is 1. The highest BCUT2D eigenvalue weighted by atomic mass is 19.1. The van der Waals surface area contributed by atoms with Gasteiger partial charge in [-0.15, -0.1) is 0 Å². The van der Waals surface area contributed by atoms with Crippen LogP contribution in [0.1, 0.15) is 41.4 Å². The molecule has 2 heterocycles. The molecule has 3 aromatic rings. The van der Waals surface area contributed by atoms with Gasteiger partial charge in [0.2, 0.25) is 0 Å². The number of hydrogen-bond donors (Lipinski definition) is 2. The third-order valence-electron chi connectivity index (χ3n) is 5.01. The molecule has 6 heteroatoms. The van der Waals surface area contributed by atoms with E-state index in [1.165, 1.54) is 12.1 Å². The van der Waals surface area contributed by atoms with Crippen molar-refractivity contribution in [1.29, 1.82) is 0 Å². The number of aromatic hydroxyl groups is 1. The van der Waals surface area contributed by atoms with E-state index in [-0.39, 0.29) is 23.5 Å². The number of para-hydroxylation sites is 1. The van der Waals surface area contributed by atoms with Crippen LogP contribution < -0.4 is 0 Å². The van der Waals surface area contributed by atoms with Crippen molar-refractivity contribution >= 4 is 5.91 Å². The fraction of sp³-hybridized carbons (Fsp3) is 0.238. The number of hydrogen-bond acceptors (Lipinski definition) is 3. The normalized spacial score (nSPS) is 17.1. The molecule has 5 nitrogen and oxygen atoms in total. The standard InChI is InChI=1S/C21H20FN3O2/c22-15-10-8-14(9-11-15)19-6-3-4-12-25(19)21(27)18-13-17(23-24-18)16-5-1-2-7-20(16)26/h1-2,5,7-11,13,19,26H,3-4,6,12H2,(H,23,24)/t19-/m0/s1. The Bertz CT molecular complexity index is 952. The summed E-state index contributed by atoms with van der Waals surface area (Å²) < 4.78 is 13.3. The smallest absolute Gasteiger partial charge is 0.272 e. The first-order valence-electron chi connectivity index (χ1n) is 9.03. The molecule has 0 bridgehead atoms. The molecule has 2 aromatic carbocycles. The minimum atomic E-state index is -0.284. The maximum atomic E-state index is 13.3. The number of nitrogens with zero attached hydrogens (tertiary/aromatic N) is 2. The number of phenols is 1. The van der Waals surface area contributed by atoms with Gasteiger partial charge in [-0.05, 0) is 55.2 Å². The Morgan fingerprint density at radius 3 is 2.70 bits per heavy atom. The van der Waals surface area contributed by atoms with Gasteiger partial charge in [-0.3, -0.25) is 9.89 Å². The number of phenolic OH excluding ortho intramolecular Hbond substituents is 1. The molecule has 1 saturated heterocycles. The van der Waals surface area contributed by atoms with E-state index in [0.29, 0.717) is 23.5 Å². The molecule has 1 aromatic heterocycles. The summed E-state index contributed by atoms with van der Waals surface area (Å²) >= 11 is 0. The second-order valence-electron chi connectivity index (χ2n) is 6.75. The number of aromatic nitrogens is 2. The summed E-state index contributed by atoms with van der Waals surface area (Å²) in [7, 11) is 0. The Labute approximate surface area is 156 Å². The van der Waals surface area contributed by atoms with Crippen molar-refractivity contribution in [3.8, 4) is 17.0 Å². The van der Waals surface area contributed by atoms with Crippen molar-refractivity contribution in [2.45, 2.75) is 25.3 Å². The lowest BCUT2D eigenvalue weighted by Gasteiger charge is -2.35. The fourth-order valence-corrected chi connectivity index (χ4v) is 3.62. The maximum absolute atomic E-state index is 13.3. The van der Waals surface area contributed by atoms with Gasteiger partial charge in [-0.1, -0.05) is 24.3 Å². The average molecular weight is 365 g/mol. The Kier molecular flexibility index (Phi) is 4.62. The number of carbonyl (C=O) groups is 1. The van der Waals surface area contributed by atoms with Crippen molar-refractivity contribution in [1.82, 2.24) is 15.1 Å². The number of nitrogens with one attached hydrogen (secondary N) is 1. The third kappa shape index (κ3) is 3.43. The molecule has 27 heavy (non-hydrogen) atoms. The van der Waals surface area contributed by atoms with E-state index in [9.17, 15) is 14.3 Å². The van der Waals surface area contributed by atoms with Gasteiger partial charge in [0.1, 0.15) is 17.3 Å². The van der Waals surface area contributed by atoms with Crippen molar-refractivity contribution < 1.29 is 14.3 Å². The van der Waals surface area contributed by atoms with Crippen LogP contribution in [0.25, 0.3) is 11.3 Å². The van der Waals surface area contributed by atoms with Gasteiger partial charge in [-0.2, -0.15) is 5.10 Å². The first kappa shape index (κ1) is 17.3. The highest BCUT2D eigenvalue weighted by molar-refractivity contribution is 5.94. The monoisotopic (exact) mass is 365 g/mol. The molecule has 0 radical (unpaired) electrons. The first-order valence-corrected chi connectivity index (χ1v) is 9.03. The van der Waals surface area contributed by atoms with Gasteiger partial charge < -0.3 is 10.0 Å². The molecule has 4 rings (SSSR count). The fourth-order valence-electron chi connectivity index (χ4n) is 3.62. The van der Waals surface area contributed by atoms with Crippen LogP contribution in [-0.2, 0) is 0 Å². The lowest BCUT2D eigenvalue weighted by atomic mass is 9.95. The summed E-state index contributed by atoms with van der Waals surface area (Å²) in [6, 6.07) is 14.8. The second kappa shape index (κ2) is 7.23. The zero-order chi connectivity index (χ0) is 18.8. The Morgan fingerprint density at radius 1 is 1.15 bits per heavy atom. The Balaban J connectivity index is 1.61. The highest BCUT2D eigenvalue weighted by Crippen LogP contribution is 2.33. The first-order chi connectivity index (χ1) is 13.1. The van der Waals surface area contributed by atoms with Crippen molar-refractivity contribution in [3.05, 3.63) is 71.7 Å². The van der Waals surface area contributed by atoms with E-state index in [4.69, 9.17) is 0 Å². The lowest BCUT2D eigenvalue weighted by molar-refractivity contribution is 0.0605.